The summed E-state index contributed by atoms with van der Waals surface area (Å²) in [6, 6.07) is -1.06. The summed E-state index contributed by atoms with van der Waals surface area (Å²) in [5.41, 5.74) is -2.67. The van der Waals surface area contributed by atoms with Gasteiger partial charge in [0, 0.05) is 16.3 Å². The summed E-state index contributed by atoms with van der Waals surface area (Å²) in [6.45, 7) is 0. The second-order valence-electron chi connectivity index (χ2n) is 10.1. The monoisotopic (exact) mass is 592 g/mol. The van der Waals surface area contributed by atoms with Crippen LogP contribution in [0.15, 0.2) is 174 Å². The lowest BCUT2D eigenvalue weighted by Crippen LogP contribution is -1.94. The van der Waals surface area contributed by atoms with Gasteiger partial charge in [-0.15, -0.1) is 0 Å². The molecule has 0 radical (unpaired) electrons. The van der Waals surface area contributed by atoms with Gasteiger partial charge in [0.1, 0.15) is 11.2 Å². The predicted octanol–water partition coefficient (Wildman–Crippen LogP) is 12.6. The molecule has 210 valence electrons. The minimum atomic E-state index is -0.759. The normalized spacial score (nSPS) is 17.8. The van der Waals surface area contributed by atoms with Gasteiger partial charge in [0.25, 0.3) is 0 Å². The maximum atomic E-state index is 9.80. The molecule has 0 aliphatic heterocycles. The molecule has 9 aromatic rings. The molecule has 1 aromatic heterocycles. The van der Waals surface area contributed by atoms with E-state index in [9.17, 15) is 5.48 Å². The first-order valence-corrected chi connectivity index (χ1v) is 13.8. The topological polar surface area (TPSA) is 13.1 Å². The van der Waals surface area contributed by atoms with Crippen LogP contribution in [0.4, 0.5) is 0 Å². The molecule has 0 bridgehead atoms. The molecule has 0 aliphatic rings. The lowest BCUT2D eigenvalue weighted by atomic mass is 9.82. The molecule has 0 fully saturated rings. The molecule has 8 aromatic carbocycles. The Morgan fingerprint density at radius 1 is 0.356 bits per heavy atom. The quantitative estimate of drug-likeness (QED) is 0.185. The van der Waals surface area contributed by atoms with E-state index in [1.54, 1.807) is 48.5 Å². The number of fused-ring (bicyclic) bond motifs is 5. The summed E-state index contributed by atoms with van der Waals surface area (Å²) < 4.78 is 183. The van der Waals surface area contributed by atoms with Gasteiger partial charge in [-0.3, -0.25) is 0 Å². The number of para-hydroxylation sites is 1. The van der Waals surface area contributed by atoms with Crippen molar-refractivity contribution in [1.82, 2.24) is 0 Å². The van der Waals surface area contributed by atoms with Crippen LogP contribution in [0.1, 0.15) is 27.4 Å². The fourth-order valence-corrected chi connectivity index (χ4v) is 5.95. The summed E-state index contributed by atoms with van der Waals surface area (Å²) in [6.07, 6.45) is 0. The average molecular weight is 593 g/mol. The molecular weight excluding hydrogens is 544 g/mol. The van der Waals surface area contributed by atoms with Crippen molar-refractivity contribution in [1.29, 1.82) is 0 Å². The fraction of sp³-hybridized carbons (Fsp3) is 0. The first-order chi connectivity index (χ1) is 30.7. The third kappa shape index (κ3) is 4.02. The molecule has 0 saturated carbocycles. The van der Waals surface area contributed by atoms with Crippen LogP contribution in [0.3, 0.4) is 0 Å². The molecular formula is C44H28O. The third-order valence-corrected chi connectivity index (χ3v) is 7.74. The van der Waals surface area contributed by atoms with E-state index in [0.29, 0.717) is 0 Å². The Balaban J connectivity index is 1.56. The maximum absolute atomic E-state index is 9.80. The van der Waals surface area contributed by atoms with Gasteiger partial charge < -0.3 is 4.42 Å². The van der Waals surface area contributed by atoms with Crippen molar-refractivity contribution in [3.8, 4) is 44.5 Å². The van der Waals surface area contributed by atoms with E-state index < -0.39 is 143 Å². The highest BCUT2D eigenvalue weighted by Gasteiger charge is 2.23. The molecule has 1 heterocycles. The minimum Gasteiger partial charge on any atom is -0.455 e. The van der Waals surface area contributed by atoms with Gasteiger partial charge in [0.15, 0.2) is 0 Å². The Bertz CT molecular complexity index is 3550. The van der Waals surface area contributed by atoms with Gasteiger partial charge >= 0.3 is 0 Å². The zero-order valence-corrected chi connectivity index (χ0v) is 23.0. The largest absolute Gasteiger partial charge is 0.455 e. The Morgan fingerprint density at radius 3 is 1.51 bits per heavy atom. The van der Waals surface area contributed by atoms with E-state index >= 15 is 0 Å². The Kier molecular flexibility index (Phi) is 2.90. The fourth-order valence-electron chi connectivity index (χ4n) is 5.95. The van der Waals surface area contributed by atoms with Crippen molar-refractivity contribution in [3.05, 3.63) is 169 Å². The molecule has 0 unspecified atom stereocenters. The van der Waals surface area contributed by atoms with Crippen LogP contribution in [-0.2, 0) is 0 Å². The Hall–Kier alpha value is -5.92. The van der Waals surface area contributed by atoms with Gasteiger partial charge in [-0.1, -0.05) is 157 Å². The maximum Gasteiger partial charge on any atom is 0.143 e. The number of hydrogen-bond donors (Lipinski definition) is 0. The van der Waals surface area contributed by atoms with Gasteiger partial charge in [-0.2, -0.15) is 0 Å². The van der Waals surface area contributed by atoms with E-state index in [2.05, 4.69) is 0 Å². The summed E-state index contributed by atoms with van der Waals surface area (Å²) in [5, 5.41) is 0.345. The highest BCUT2D eigenvalue weighted by molar-refractivity contribution is 6.25. The van der Waals surface area contributed by atoms with Crippen LogP contribution in [-0.4, -0.2) is 0 Å². The zero-order chi connectivity index (χ0) is 47.1. The predicted molar refractivity (Wildman–Crippen MR) is 190 cm³/mol. The first-order valence-electron chi connectivity index (χ1n) is 23.8. The highest BCUT2D eigenvalue weighted by atomic mass is 16.3. The number of benzene rings is 8. The van der Waals surface area contributed by atoms with Crippen LogP contribution in [0.2, 0.25) is 0 Å². The van der Waals surface area contributed by atoms with Crippen molar-refractivity contribution >= 4 is 43.5 Å². The second-order valence-corrected chi connectivity index (χ2v) is 10.1. The van der Waals surface area contributed by atoms with Crippen molar-refractivity contribution in [2.24, 2.45) is 0 Å². The average Bonchev–Trinajstić information content (AvgIpc) is 3.71. The molecule has 1 nitrogen and oxygen atoms in total. The Labute approximate surface area is 289 Å². The van der Waals surface area contributed by atoms with Crippen molar-refractivity contribution in [2.45, 2.75) is 0 Å². The van der Waals surface area contributed by atoms with E-state index in [0.717, 1.165) is 0 Å². The van der Waals surface area contributed by atoms with Crippen LogP contribution in [0.5, 0.6) is 0 Å². The molecule has 9 rings (SSSR count). The highest BCUT2D eigenvalue weighted by Crippen LogP contribution is 2.49. The van der Waals surface area contributed by atoms with Gasteiger partial charge in [0.05, 0.1) is 27.4 Å². The van der Waals surface area contributed by atoms with Gasteiger partial charge in [-0.25, -0.2) is 0 Å². The van der Waals surface area contributed by atoms with E-state index in [-0.39, 0.29) is 65.7 Å². The SMILES string of the molecule is [2H]c1c([2H])c([2H])c(-c2c([2H])c([2H])c([2H])c([2H])c2-c2c3ccccc3c(-c3c([2H])c([2H])c4c(oc5c([2H])c([2H])c([2H])c([2H])c54)c3-c3c([2H])c([2H])c([2H])c([2H])c3[2H])c3ccccc23)c([2H])c1[2H]. The molecule has 0 N–H and O–H groups in total. The molecule has 0 atom stereocenters. The zero-order valence-electron chi connectivity index (χ0n) is 43.0. The van der Waals surface area contributed by atoms with Crippen LogP contribution >= 0.6 is 0 Å². The van der Waals surface area contributed by atoms with Gasteiger partial charge in [0.2, 0.25) is 0 Å². The second kappa shape index (κ2) is 10.4. The van der Waals surface area contributed by atoms with Crippen LogP contribution in [0.25, 0.3) is 88.0 Å². The standard InChI is InChI=1S/C44H28O/c1-3-15-29(16-4-1)31-19-7-8-21-33(31)42-34-22-9-11-24-36(34)43(37-25-12-10-23-35(37)42)39-28-27-38-32-20-13-14-26-40(32)45-44(38)41(39)30-17-5-2-6-18-30/h1-28H/i1D,2D,3D,4D,5D,6D,7D,8D,13D,14D,15D,16D,17D,18D,19D,20D,21D,26D,27D,28D. The number of hydrogen-bond acceptors (Lipinski definition) is 1. The van der Waals surface area contributed by atoms with Gasteiger partial charge in [-0.05, 0) is 72.6 Å². The smallest absolute Gasteiger partial charge is 0.143 e. The molecule has 45 heavy (non-hydrogen) atoms. The Morgan fingerprint density at radius 2 is 0.867 bits per heavy atom. The lowest BCUT2D eigenvalue weighted by molar-refractivity contribution is 0.670. The molecule has 0 saturated heterocycles. The number of rotatable bonds is 4. The first kappa shape index (κ1) is 12.6. The van der Waals surface area contributed by atoms with E-state index in [4.69, 9.17) is 26.3 Å². The molecule has 0 aliphatic carbocycles. The summed E-state index contributed by atoms with van der Waals surface area (Å²) in [4.78, 5) is 0. The van der Waals surface area contributed by atoms with E-state index in [1.165, 1.54) is 0 Å². The van der Waals surface area contributed by atoms with Crippen LogP contribution in [0, 0.1) is 0 Å². The number of furan rings is 1. The van der Waals surface area contributed by atoms with Crippen molar-refractivity contribution < 1.29 is 31.8 Å². The van der Waals surface area contributed by atoms with Crippen molar-refractivity contribution in [3.63, 3.8) is 0 Å². The summed E-state index contributed by atoms with van der Waals surface area (Å²) in [7, 11) is 0. The molecule has 1 heteroatoms. The van der Waals surface area contributed by atoms with Crippen LogP contribution < -0.4 is 0 Å². The summed E-state index contributed by atoms with van der Waals surface area (Å²) >= 11 is 0. The summed E-state index contributed by atoms with van der Waals surface area (Å²) in [5.74, 6) is 0. The van der Waals surface area contributed by atoms with Crippen molar-refractivity contribution in [2.75, 3.05) is 0 Å². The minimum absolute atomic E-state index is 0.115. The third-order valence-electron chi connectivity index (χ3n) is 7.74. The van der Waals surface area contributed by atoms with E-state index in [1.807, 2.05) is 0 Å². The molecule has 0 spiro atoms. The molecule has 0 amide bonds. The lowest BCUT2D eigenvalue weighted by Gasteiger charge is -2.21.